The molecule has 0 spiro atoms. The third kappa shape index (κ3) is 6.27. The SMILES string of the molecule is CCCCCCCC(C)Nc1cccc(Br)c1COC. The number of methoxy groups -OCH3 is 1. The van der Waals surface area contributed by atoms with E-state index < -0.39 is 0 Å². The maximum atomic E-state index is 5.29. The summed E-state index contributed by atoms with van der Waals surface area (Å²) in [5.74, 6) is 0. The molecular formula is C17H28BrNO. The highest BCUT2D eigenvalue weighted by Crippen LogP contribution is 2.26. The summed E-state index contributed by atoms with van der Waals surface area (Å²) in [6.07, 6.45) is 7.93. The van der Waals surface area contributed by atoms with Gasteiger partial charge in [-0.2, -0.15) is 0 Å². The highest BCUT2D eigenvalue weighted by molar-refractivity contribution is 9.10. The lowest BCUT2D eigenvalue weighted by Gasteiger charge is -2.19. The lowest BCUT2D eigenvalue weighted by Crippen LogP contribution is -2.16. The van der Waals surface area contributed by atoms with Crippen LogP contribution < -0.4 is 5.32 Å². The number of rotatable bonds is 10. The van der Waals surface area contributed by atoms with E-state index in [0.717, 1.165) is 4.47 Å². The number of halogens is 1. The highest BCUT2D eigenvalue weighted by atomic mass is 79.9. The molecule has 0 saturated heterocycles. The molecule has 1 atom stereocenters. The van der Waals surface area contributed by atoms with E-state index in [1.165, 1.54) is 49.8 Å². The van der Waals surface area contributed by atoms with Crippen LogP contribution in [-0.4, -0.2) is 13.2 Å². The van der Waals surface area contributed by atoms with Gasteiger partial charge < -0.3 is 10.1 Å². The summed E-state index contributed by atoms with van der Waals surface area (Å²) in [4.78, 5) is 0. The van der Waals surface area contributed by atoms with Gasteiger partial charge in [0.05, 0.1) is 6.61 Å². The van der Waals surface area contributed by atoms with Crippen LogP contribution >= 0.6 is 15.9 Å². The minimum Gasteiger partial charge on any atom is -0.382 e. The van der Waals surface area contributed by atoms with Crippen molar-refractivity contribution in [3.8, 4) is 0 Å². The lowest BCUT2D eigenvalue weighted by molar-refractivity contribution is 0.185. The molecule has 0 aliphatic carbocycles. The molecule has 3 heteroatoms. The molecular weight excluding hydrogens is 314 g/mol. The third-order valence-electron chi connectivity index (χ3n) is 3.55. The van der Waals surface area contributed by atoms with Crippen LogP contribution in [0.25, 0.3) is 0 Å². The second kappa shape index (κ2) is 10.2. The molecule has 0 aliphatic rings. The first-order valence-corrected chi connectivity index (χ1v) is 8.51. The Kier molecular flexibility index (Phi) is 8.95. The predicted octanol–water partition coefficient (Wildman–Crippen LogP) is 5.76. The average molecular weight is 342 g/mol. The number of ether oxygens (including phenoxy) is 1. The fourth-order valence-electron chi connectivity index (χ4n) is 2.38. The van der Waals surface area contributed by atoms with Gasteiger partial charge in [0.15, 0.2) is 0 Å². The van der Waals surface area contributed by atoms with Gasteiger partial charge in [0.2, 0.25) is 0 Å². The quantitative estimate of drug-likeness (QED) is 0.546. The molecule has 0 aliphatic heterocycles. The van der Waals surface area contributed by atoms with Crippen LogP contribution in [-0.2, 0) is 11.3 Å². The van der Waals surface area contributed by atoms with Gasteiger partial charge in [-0.15, -0.1) is 0 Å². The zero-order valence-corrected chi connectivity index (χ0v) is 14.6. The van der Waals surface area contributed by atoms with Crippen LogP contribution in [0.1, 0.15) is 57.9 Å². The second-order valence-corrected chi connectivity index (χ2v) is 6.30. The number of hydrogen-bond donors (Lipinski definition) is 1. The Morgan fingerprint density at radius 2 is 1.95 bits per heavy atom. The lowest BCUT2D eigenvalue weighted by atomic mass is 10.1. The molecule has 20 heavy (non-hydrogen) atoms. The van der Waals surface area contributed by atoms with Gasteiger partial charge in [0, 0.05) is 28.9 Å². The van der Waals surface area contributed by atoms with Crippen LogP contribution in [0.3, 0.4) is 0 Å². The molecule has 0 aromatic heterocycles. The van der Waals surface area contributed by atoms with E-state index in [1.54, 1.807) is 7.11 Å². The van der Waals surface area contributed by atoms with E-state index in [9.17, 15) is 0 Å². The Hall–Kier alpha value is -0.540. The van der Waals surface area contributed by atoms with Gasteiger partial charge >= 0.3 is 0 Å². The molecule has 1 rings (SSSR count). The van der Waals surface area contributed by atoms with Crippen LogP contribution in [0.15, 0.2) is 22.7 Å². The molecule has 0 saturated carbocycles. The summed E-state index contributed by atoms with van der Waals surface area (Å²) in [6.45, 7) is 5.15. The molecule has 0 fully saturated rings. The first-order chi connectivity index (χ1) is 9.69. The van der Waals surface area contributed by atoms with Gasteiger partial charge in [-0.05, 0) is 25.5 Å². The smallest absolute Gasteiger partial charge is 0.0744 e. The molecule has 1 aromatic carbocycles. The van der Waals surface area contributed by atoms with E-state index in [0.29, 0.717) is 12.6 Å². The summed E-state index contributed by atoms with van der Waals surface area (Å²) in [6, 6.07) is 6.77. The first kappa shape index (κ1) is 17.5. The normalized spacial score (nSPS) is 12.4. The molecule has 0 radical (unpaired) electrons. The van der Waals surface area contributed by atoms with Crippen molar-refractivity contribution in [3.63, 3.8) is 0 Å². The zero-order chi connectivity index (χ0) is 14.8. The first-order valence-electron chi connectivity index (χ1n) is 7.71. The van der Waals surface area contributed by atoms with Crippen molar-refractivity contribution in [2.24, 2.45) is 0 Å². The van der Waals surface area contributed by atoms with Gasteiger partial charge in [-0.1, -0.05) is 61.0 Å². The number of hydrogen-bond acceptors (Lipinski definition) is 2. The van der Waals surface area contributed by atoms with E-state index in [4.69, 9.17) is 4.74 Å². The van der Waals surface area contributed by atoms with E-state index >= 15 is 0 Å². The molecule has 1 aromatic rings. The van der Waals surface area contributed by atoms with Crippen molar-refractivity contribution in [1.82, 2.24) is 0 Å². The fourth-order valence-corrected chi connectivity index (χ4v) is 2.86. The van der Waals surface area contributed by atoms with Crippen molar-refractivity contribution in [3.05, 3.63) is 28.2 Å². The summed E-state index contributed by atoms with van der Waals surface area (Å²) in [5.41, 5.74) is 2.38. The van der Waals surface area contributed by atoms with E-state index in [1.807, 2.05) is 0 Å². The Bertz CT molecular complexity index is 381. The minimum atomic E-state index is 0.501. The van der Waals surface area contributed by atoms with E-state index in [-0.39, 0.29) is 0 Å². The Balaban J connectivity index is 2.44. The van der Waals surface area contributed by atoms with Crippen molar-refractivity contribution in [2.45, 2.75) is 65.0 Å². The number of unbranched alkanes of at least 4 members (excludes halogenated alkanes) is 4. The van der Waals surface area contributed by atoms with Crippen LogP contribution in [0, 0.1) is 0 Å². The standard InChI is InChI=1S/C17H28BrNO/c1-4-5-6-7-8-10-14(2)19-17-12-9-11-16(18)15(17)13-20-3/h9,11-12,14,19H,4-8,10,13H2,1-3H3. The zero-order valence-electron chi connectivity index (χ0n) is 13.0. The molecule has 0 amide bonds. The third-order valence-corrected chi connectivity index (χ3v) is 4.29. The van der Waals surface area contributed by atoms with E-state index in [2.05, 4.69) is 53.3 Å². The molecule has 2 nitrogen and oxygen atoms in total. The Morgan fingerprint density at radius 3 is 2.65 bits per heavy atom. The summed E-state index contributed by atoms with van der Waals surface area (Å²) >= 11 is 3.60. The van der Waals surface area contributed by atoms with Gasteiger partial charge in [0.25, 0.3) is 0 Å². The molecule has 0 heterocycles. The predicted molar refractivity (Wildman–Crippen MR) is 91.3 cm³/mol. The summed E-state index contributed by atoms with van der Waals surface area (Å²) in [5, 5.41) is 3.62. The topological polar surface area (TPSA) is 21.3 Å². The number of benzene rings is 1. The van der Waals surface area contributed by atoms with Crippen LogP contribution in [0.4, 0.5) is 5.69 Å². The fraction of sp³-hybridized carbons (Fsp3) is 0.647. The molecule has 1 N–H and O–H groups in total. The molecule has 0 bridgehead atoms. The average Bonchev–Trinajstić information content (AvgIpc) is 2.42. The van der Waals surface area contributed by atoms with Gasteiger partial charge in [-0.3, -0.25) is 0 Å². The summed E-state index contributed by atoms with van der Waals surface area (Å²) in [7, 11) is 1.74. The van der Waals surface area contributed by atoms with Gasteiger partial charge in [-0.25, -0.2) is 0 Å². The monoisotopic (exact) mass is 341 g/mol. The van der Waals surface area contributed by atoms with Crippen LogP contribution in [0.5, 0.6) is 0 Å². The number of anilines is 1. The van der Waals surface area contributed by atoms with Crippen molar-refractivity contribution in [2.75, 3.05) is 12.4 Å². The van der Waals surface area contributed by atoms with Crippen molar-refractivity contribution >= 4 is 21.6 Å². The van der Waals surface area contributed by atoms with Crippen molar-refractivity contribution in [1.29, 1.82) is 0 Å². The van der Waals surface area contributed by atoms with Crippen LogP contribution in [0.2, 0.25) is 0 Å². The second-order valence-electron chi connectivity index (χ2n) is 5.45. The van der Waals surface area contributed by atoms with Gasteiger partial charge in [0.1, 0.15) is 0 Å². The Labute approximate surface area is 132 Å². The summed E-state index contributed by atoms with van der Waals surface area (Å²) < 4.78 is 6.40. The minimum absolute atomic E-state index is 0.501. The maximum absolute atomic E-state index is 5.29. The maximum Gasteiger partial charge on any atom is 0.0744 e. The highest BCUT2D eigenvalue weighted by Gasteiger charge is 2.09. The Morgan fingerprint density at radius 1 is 1.20 bits per heavy atom. The van der Waals surface area contributed by atoms with Crippen molar-refractivity contribution < 1.29 is 4.74 Å². The largest absolute Gasteiger partial charge is 0.382 e. The number of nitrogens with one attached hydrogen (secondary N) is 1. The molecule has 114 valence electrons. The molecule has 1 unspecified atom stereocenters.